The normalized spacial score (nSPS) is 12.9. The van der Waals surface area contributed by atoms with E-state index in [1.807, 2.05) is 11.8 Å². The van der Waals surface area contributed by atoms with E-state index in [0.717, 1.165) is 25.4 Å². The minimum Gasteiger partial charge on any atom is -0.315 e. The zero-order chi connectivity index (χ0) is 16.6. The molecule has 0 aliphatic carbocycles. The Balaban J connectivity index is 2.16. The van der Waals surface area contributed by atoms with Crippen LogP contribution in [0.1, 0.15) is 47.1 Å². The third kappa shape index (κ3) is 7.66. The lowest BCUT2D eigenvalue weighted by Gasteiger charge is -2.45. The van der Waals surface area contributed by atoms with E-state index < -0.39 is 0 Å². The first-order valence-corrected chi connectivity index (χ1v) is 9.47. The monoisotopic (exact) mass is 322 g/mol. The van der Waals surface area contributed by atoms with Gasteiger partial charge >= 0.3 is 0 Å². The quantitative estimate of drug-likeness (QED) is 0.714. The second-order valence-electron chi connectivity index (χ2n) is 7.78. The van der Waals surface area contributed by atoms with Crippen molar-refractivity contribution in [2.24, 2.45) is 0 Å². The van der Waals surface area contributed by atoms with Gasteiger partial charge in [-0.15, -0.1) is 0 Å². The maximum atomic E-state index is 3.58. The highest BCUT2D eigenvalue weighted by molar-refractivity contribution is 7.98. The molecule has 2 nitrogen and oxygen atoms in total. The van der Waals surface area contributed by atoms with Crippen molar-refractivity contribution in [3.05, 3.63) is 35.9 Å². The summed E-state index contributed by atoms with van der Waals surface area (Å²) in [6.07, 6.45) is 0. The molecule has 0 saturated heterocycles. The summed E-state index contributed by atoms with van der Waals surface area (Å²) in [6.45, 7) is 17.0. The van der Waals surface area contributed by atoms with Crippen LogP contribution in [-0.2, 0) is 5.75 Å². The van der Waals surface area contributed by atoms with Crippen molar-refractivity contribution in [2.45, 2.75) is 58.4 Å². The Morgan fingerprint density at radius 3 is 2.05 bits per heavy atom. The smallest absolute Gasteiger partial charge is 0.0185 e. The van der Waals surface area contributed by atoms with Crippen LogP contribution in [0.5, 0.6) is 0 Å². The van der Waals surface area contributed by atoms with Crippen molar-refractivity contribution in [3.63, 3.8) is 0 Å². The Morgan fingerprint density at radius 1 is 0.909 bits per heavy atom. The number of nitrogens with zero attached hydrogens (tertiary/aromatic N) is 1. The molecule has 0 saturated carbocycles. The molecule has 0 amide bonds. The molecule has 0 heterocycles. The van der Waals surface area contributed by atoms with Gasteiger partial charge in [0.15, 0.2) is 0 Å². The van der Waals surface area contributed by atoms with Gasteiger partial charge in [0.05, 0.1) is 0 Å². The molecule has 0 bridgehead atoms. The van der Waals surface area contributed by atoms with Gasteiger partial charge < -0.3 is 5.32 Å². The number of hydrogen-bond donors (Lipinski definition) is 1. The van der Waals surface area contributed by atoms with E-state index in [2.05, 4.69) is 82.1 Å². The van der Waals surface area contributed by atoms with E-state index in [0.29, 0.717) is 0 Å². The summed E-state index contributed by atoms with van der Waals surface area (Å²) in [5.74, 6) is 2.28. The van der Waals surface area contributed by atoms with Crippen LogP contribution in [0.2, 0.25) is 0 Å². The van der Waals surface area contributed by atoms with Crippen molar-refractivity contribution in [1.82, 2.24) is 10.2 Å². The molecule has 0 aliphatic heterocycles. The van der Waals surface area contributed by atoms with Crippen molar-refractivity contribution >= 4 is 11.8 Å². The largest absolute Gasteiger partial charge is 0.315 e. The zero-order valence-corrected chi connectivity index (χ0v) is 16.1. The fourth-order valence-electron chi connectivity index (χ4n) is 2.90. The lowest BCUT2D eigenvalue weighted by molar-refractivity contribution is 0.0399. The highest BCUT2D eigenvalue weighted by Gasteiger charge is 2.30. The molecule has 0 atom stereocenters. The first kappa shape index (κ1) is 19.5. The Morgan fingerprint density at radius 2 is 1.50 bits per heavy atom. The minimum atomic E-state index is 0.210. The molecular weight excluding hydrogens is 288 g/mol. The molecule has 0 fully saturated rings. The highest BCUT2D eigenvalue weighted by atomic mass is 32.2. The second kappa shape index (κ2) is 8.95. The second-order valence-corrected chi connectivity index (χ2v) is 8.89. The third-order valence-electron chi connectivity index (χ3n) is 3.67. The van der Waals surface area contributed by atoms with E-state index in [4.69, 9.17) is 0 Å². The van der Waals surface area contributed by atoms with Crippen LogP contribution in [-0.4, -0.2) is 41.4 Å². The van der Waals surface area contributed by atoms with Gasteiger partial charge in [-0.25, -0.2) is 0 Å². The van der Waals surface area contributed by atoms with Crippen LogP contribution in [0.4, 0.5) is 0 Å². The van der Waals surface area contributed by atoms with Crippen molar-refractivity contribution < 1.29 is 0 Å². The molecule has 0 spiro atoms. The van der Waals surface area contributed by atoms with Crippen LogP contribution >= 0.6 is 11.8 Å². The lowest BCUT2D eigenvalue weighted by atomic mass is 9.96. The van der Waals surface area contributed by atoms with Gasteiger partial charge in [-0.05, 0) is 47.1 Å². The fraction of sp³-hybridized carbons (Fsp3) is 0.684. The molecule has 0 aliphatic rings. The van der Waals surface area contributed by atoms with Crippen LogP contribution < -0.4 is 5.32 Å². The summed E-state index contributed by atoms with van der Waals surface area (Å²) in [6, 6.07) is 10.7. The summed E-state index contributed by atoms with van der Waals surface area (Å²) < 4.78 is 0. The molecule has 3 heteroatoms. The zero-order valence-electron chi connectivity index (χ0n) is 15.3. The van der Waals surface area contributed by atoms with E-state index in [9.17, 15) is 0 Å². The summed E-state index contributed by atoms with van der Waals surface area (Å²) >= 11 is 2.00. The van der Waals surface area contributed by atoms with Crippen LogP contribution in [0.15, 0.2) is 30.3 Å². The molecule has 0 unspecified atom stereocenters. The molecule has 1 rings (SSSR count). The summed E-state index contributed by atoms with van der Waals surface area (Å²) in [7, 11) is 0. The SMILES string of the molecule is CC(C)(C)N(CCNCCSCc1ccccc1)C(C)(C)C. The average molecular weight is 323 g/mol. The number of rotatable bonds is 8. The third-order valence-corrected chi connectivity index (χ3v) is 4.70. The topological polar surface area (TPSA) is 15.3 Å². The van der Waals surface area contributed by atoms with Crippen LogP contribution in [0.25, 0.3) is 0 Å². The standard InChI is InChI=1S/C19H34N2S/c1-18(2,3)21(19(4,5)6)14-12-20-13-15-22-16-17-10-8-7-9-11-17/h7-11,20H,12-16H2,1-6H3. The Labute approximate surface area is 142 Å². The average Bonchev–Trinajstić information content (AvgIpc) is 2.40. The summed E-state index contributed by atoms with van der Waals surface area (Å²) in [4.78, 5) is 2.57. The Bertz CT molecular complexity index is 390. The van der Waals surface area contributed by atoms with Crippen molar-refractivity contribution in [3.8, 4) is 0 Å². The van der Waals surface area contributed by atoms with Gasteiger partial charge in [0.1, 0.15) is 0 Å². The fourth-order valence-corrected chi connectivity index (χ4v) is 3.76. The number of benzene rings is 1. The van der Waals surface area contributed by atoms with Gasteiger partial charge in [-0.2, -0.15) is 11.8 Å². The molecule has 0 radical (unpaired) electrons. The van der Waals surface area contributed by atoms with E-state index in [1.165, 1.54) is 11.3 Å². The summed E-state index contributed by atoms with van der Waals surface area (Å²) in [5.41, 5.74) is 1.84. The number of hydrogen-bond acceptors (Lipinski definition) is 3. The predicted octanol–water partition coefficient (Wildman–Crippen LogP) is 4.41. The Kier molecular flexibility index (Phi) is 7.95. The molecule has 1 aromatic carbocycles. The van der Waals surface area contributed by atoms with E-state index >= 15 is 0 Å². The van der Waals surface area contributed by atoms with Crippen LogP contribution in [0.3, 0.4) is 0 Å². The van der Waals surface area contributed by atoms with Crippen molar-refractivity contribution in [1.29, 1.82) is 0 Å². The van der Waals surface area contributed by atoms with E-state index in [-0.39, 0.29) is 11.1 Å². The van der Waals surface area contributed by atoms with Crippen molar-refractivity contribution in [2.75, 3.05) is 25.4 Å². The first-order chi connectivity index (χ1) is 10.2. The molecule has 1 aromatic rings. The van der Waals surface area contributed by atoms with E-state index in [1.54, 1.807) is 0 Å². The highest BCUT2D eigenvalue weighted by Crippen LogP contribution is 2.23. The molecule has 0 aromatic heterocycles. The molecule has 126 valence electrons. The first-order valence-electron chi connectivity index (χ1n) is 8.31. The van der Waals surface area contributed by atoms with Gasteiger partial charge in [-0.3, -0.25) is 4.90 Å². The van der Waals surface area contributed by atoms with Gasteiger partial charge in [-0.1, -0.05) is 30.3 Å². The predicted molar refractivity (Wildman–Crippen MR) is 102 cm³/mol. The molecular formula is C19H34N2S. The summed E-state index contributed by atoms with van der Waals surface area (Å²) in [5, 5.41) is 3.58. The number of thioether (sulfide) groups is 1. The molecule has 1 N–H and O–H groups in total. The lowest BCUT2D eigenvalue weighted by Crippen LogP contribution is -2.54. The minimum absolute atomic E-state index is 0.210. The van der Waals surface area contributed by atoms with Gasteiger partial charge in [0.2, 0.25) is 0 Å². The maximum Gasteiger partial charge on any atom is 0.0185 e. The maximum absolute atomic E-state index is 3.58. The van der Waals surface area contributed by atoms with Gasteiger partial charge in [0, 0.05) is 42.2 Å². The van der Waals surface area contributed by atoms with Gasteiger partial charge in [0.25, 0.3) is 0 Å². The Hall–Kier alpha value is -0.510. The van der Waals surface area contributed by atoms with Crippen LogP contribution in [0, 0.1) is 0 Å². The number of nitrogens with one attached hydrogen (secondary N) is 1. The molecule has 22 heavy (non-hydrogen) atoms.